The molecule has 0 spiro atoms. The van der Waals surface area contributed by atoms with Crippen molar-refractivity contribution in [3.05, 3.63) is 118 Å². The number of rotatable bonds is 10. The van der Waals surface area contributed by atoms with Gasteiger partial charge in [0.15, 0.2) is 0 Å². The lowest BCUT2D eigenvalue weighted by molar-refractivity contribution is 0.0783. The smallest absolute Gasteiger partial charge is 0.254 e. The van der Waals surface area contributed by atoms with E-state index in [1.165, 1.54) is 5.56 Å². The molecule has 4 aromatic carbocycles. The molecule has 0 saturated carbocycles. The number of halogens is 2. The van der Waals surface area contributed by atoms with Gasteiger partial charge in [0.25, 0.3) is 5.91 Å². The summed E-state index contributed by atoms with van der Waals surface area (Å²) in [6, 6.07) is 26.1. The van der Waals surface area contributed by atoms with Crippen molar-refractivity contribution in [3.8, 4) is 0 Å². The van der Waals surface area contributed by atoms with E-state index in [1.807, 2.05) is 79.5 Å². The maximum atomic E-state index is 14.0. The Bertz CT molecular complexity index is 1700. The molecule has 1 aliphatic heterocycles. The molecular weight excluding hydrogens is 607 g/mol. The predicted molar refractivity (Wildman–Crippen MR) is 187 cm³/mol. The molecule has 1 amide bonds. The van der Waals surface area contributed by atoms with Crippen LogP contribution in [0.3, 0.4) is 0 Å². The van der Waals surface area contributed by atoms with Crippen molar-refractivity contribution in [2.45, 2.75) is 42.9 Å². The van der Waals surface area contributed by atoms with Crippen LogP contribution in [0, 0.1) is 0 Å². The highest BCUT2D eigenvalue weighted by Crippen LogP contribution is 2.34. The highest BCUT2D eigenvalue weighted by Gasteiger charge is 2.26. The molecule has 230 valence electrons. The van der Waals surface area contributed by atoms with Crippen LogP contribution in [-0.2, 0) is 10.8 Å². The summed E-state index contributed by atoms with van der Waals surface area (Å²) in [5.74, 6) is 0.489. The normalized spacial score (nSPS) is 15.7. The van der Waals surface area contributed by atoms with Crippen LogP contribution in [0.5, 0.6) is 0 Å². The first-order valence-electron chi connectivity index (χ1n) is 15.2. The van der Waals surface area contributed by atoms with Crippen LogP contribution in [0.2, 0.25) is 10.0 Å². The average Bonchev–Trinajstić information content (AvgIpc) is 3.03. The second kappa shape index (κ2) is 14.4. The van der Waals surface area contributed by atoms with Crippen molar-refractivity contribution < 1.29 is 9.00 Å². The molecule has 1 fully saturated rings. The molecule has 4 aromatic rings. The topological polar surface area (TPSA) is 40.6 Å². The van der Waals surface area contributed by atoms with Gasteiger partial charge in [0.05, 0.1) is 20.8 Å². The lowest BCUT2D eigenvalue weighted by Gasteiger charge is -2.34. The minimum atomic E-state index is -0.991. The molecule has 0 aliphatic carbocycles. The van der Waals surface area contributed by atoms with Gasteiger partial charge >= 0.3 is 0 Å². The van der Waals surface area contributed by atoms with Crippen LogP contribution in [0.4, 0.5) is 0 Å². The van der Waals surface area contributed by atoms with Crippen LogP contribution in [-0.4, -0.2) is 59.4 Å². The van der Waals surface area contributed by atoms with E-state index in [2.05, 4.69) is 29.7 Å². The van der Waals surface area contributed by atoms with Crippen LogP contribution in [0.25, 0.3) is 16.3 Å². The quantitative estimate of drug-likeness (QED) is 0.173. The Labute approximate surface area is 274 Å². The molecule has 0 bridgehead atoms. The average molecular weight is 648 g/mol. The molecule has 0 aromatic heterocycles. The van der Waals surface area contributed by atoms with Gasteiger partial charge < -0.3 is 9.80 Å². The minimum Gasteiger partial charge on any atom is -0.341 e. The molecule has 4 nitrogen and oxygen atoms in total. The maximum absolute atomic E-state index is 14.0. The summed E-state index contributed by atoms with van der Waals surface area (Å²) in [6.07, 6.45) is 4.72. The third-order valence-electron chi connectivity index (χ3n) is 8.89. The first-order chi connectivity index (χ1) is 21.1. The summed E-state index contributed by atoms with van der Waals surface area (Å²) >= 11 is 12.8. The van der Waals surface area contributed by atoms with Crippen molar-refractivity contribution in [2.24, 2.45) is 0 Å². The summed E-state index contributed by atoms with van der Waals surface area (Å²) in [7, 11) is 0.893. The lowest BCUT2D eigenvalue weighted by atomic mass is 9.88. The Kier molecular flexibility index (Phi) is 10.6. The Morgan fingerprint density at radius 2 is 1.70 bits per heavy atom. The minimum absolute atomic E-state index is 0.0119. The Morgan fingerprint density at radius 3 is 2.41 bits per heavy atom. The fourth-order valence-corrected chi connectivity index (χ4v) is 7.51. The molecule has 1 heterocycles. The number of nitrogens with zero attached hydrogens (tertiary/aromatic N) is 2. The monoisotopic (exact) mass is 646 g/mol. The first-order valence-corrected chi connectivity index (χ1v) is 17.5. The zero-order chi connectivity index (χ0) is 31.4. The standard InChI is InChI=1S/C37H40Cl2N2O2S/c1-25(2)30-21-28-9-5-6-10-31(28)33(22-30)37(42)40(3)24-29(27-13-14-34(38)35(39)23-27)17-20-41-18-15-26(16-19-41)32-11-7-8-12-36(32)44(4)43/h5-14,21-23,26,29H,1,15-20,24H2,2-4H3/t29-,44?/m1/s1. The van der Waals surface area contributed by atoms with E-state index in [0.717, 1.165) is 71.3 Å². The Morgan fingerprint density at radius 1 is 1.00 bits per heavy atom. The van der Waals surface area contributed by atoms with E-state index >= 15 is 0 Å². The van der Waals surface area contributed by atoms with Gasteiger partial charge in [-0.25, -0.2) is 0 Å². The molecule has 1 unspecified atom stereocenters. The number of fused-ring (bicyclic) bond motifs is 1. The van der Waals surface area contributed by atoms with Crippen LogP contribution < -0.4 is 0 Å². The summed E-state index contributed by atoms with van der Waals surface area (Å²) in [6.45, 7) is 9.51. The molecule has 0 radical (unpaired) electrons. The number of carbonyl (C=O) groups excluding carboxylic acids is 1. The van der Waals surface area contributed by atoms with Gasteiger partial charge in [-0.15, -0.1) is 0 Å². The zero-order valence-electron chi connectivity index (χ0n) is 25.7. The van der Waals surface area contributed by atoms with Gasteiger partial charge in [0, 0.05) is 36.2 Å². The summed E-state index contributed by atoms with van der Waals surface area (Å²) in [4.78, 5) is 19.3. The molecule has 1 aliphatic rings. The van der Waals surface area contributed by atoms with Crippen LogP contribution in [0.15, 0.2) is 90.3 Å². The highest BCUT2D eigenvalue weighted by atomic mass is 35.5. The van der Waals surface area contributed by atoms with Gasteiger partial charge in [-0.3, -0.25) is 9.00 Å². The first kappa shape index (κ1) is 32.4. The zero-order valence-corrected chi connectivity index (χ0v) is 28.0. The number of likely N-dealkylation sites (N-methyl/N-ethyl adjacent to an activating group) is 1. The molecular formula is C37H40Cl2N2O2S. The fourth-order valence-electron chi connectivity index (χ4n) is 6.37. The summed E-state index contributed by atoms with van der Waals surface area (Å²) in [5.41, 5.74) is 4.89. The number of hydrogen-bond donors (Lipinski definition) is 0. The highest BCUT2D eigenvalue weighted by molar-refractivity contribution is 7.84. The second-order valence-corrected chi connectivity index (χ2v) is 14.1. The molecule has 7 heteroatoms. The Balaban J connectivity index is 1.32. The van der Waals surface area contributed by atoms with Gasteiger partial charge in [0.2, 0.25) is 0 Å². The third kappa shape index (κ3) is 7.46. The molecule has 44 heavy (non-hydrogen) atoms. The van der Waals surface area contributed by atoms with E-state index < -0.39 is 10.8 Å². The van der Waals surface area contributed by atoms with E-state index in [9.17, 15) is 9.00 Å². The number of benzene rings is 4. The van der Waals surface area contributed by atoms with Gasteiger partial charge in [-0.05, 0) is 110 Å². The summed E-state index contributed by atoms with van der Waals surface area (Å²) < 4.78 is 12.3. The van der Waals surface area contributed by atoms with Crippen molar-refractivity contribution in [2.75, 3.05) is 39.5 Å². The van der Waals surface area contributed by atoms with Gasteiger partial charge in [0.1, 0.15) is 0 Å². The van der Waals surface area contributed by atoms with Gasteiger partial charge in [-0.2, -0.15) is 0 Å². The number of hydrogen-bond acceptors (Lipinski definition) is 3. The predicted octanol–water partition coefficient (Wildman–Crippen LogP) is 9.04. The SMILES string of the molecule is C=C(C)c1cc(C(=O)N(C)C[C@@H](CCN2CCC(c3ccccc3S(C)=O)CC2)c2ccc(Cl)c(Cl)c2)c2ccccc2c1. The number of allylic oxidation sites excluding steroid dienone is 1. The Hall–Kier alpha value is -2.96. The van der Waals surface area contributed by atoms with E-state index in [-0.39, 0.29) is 11.8 Å². The third-order valence-corrected chi connectivity index (χ3v) is 10.6. The van der Waals surface area contributed by atoms with Crippen LogP contribution in [0.1, 0.15) is 65.1 Å². The fraction of sp³-hybridized carbons (Fsp3) is 0.324. The molecule has 2 atom stereocenters. The number of piperidine rings is 1. The lowest BCUT2D eigenvalue weighted by Crippen LogP contribution is -2.36. The molecule has 0 N–H and O–H groups in total. The van der Waals surface area contributed by atoms with Crippen molar-refractivity contribution >= 4 is 56.3 Å². The van der Waals surface area contributed by atoms with E-state index in [4.69, 9.17) is 23.2 Å². The maximum Gasteiger partial charge on any atom is 0.254 e. The number of carbonyl (C=O) groups is 1. The van der Waals surface area contributed by atoms with Crippen molar-refractivity contribution in [3.63, 3.8) is 0 Å². The van der Waals surface area contributed by atoms with E-state index in [1.54, 1.807) is 6.26 Å². The van der Waals surface area contributed by atoms with Crippen molar-refractivity contribution in [1.82, 2.24) is 9.80 Å². The largest absolute Gasteiger partial charge is 0.341 e. The van der Waals surface area contributed by atoms with Crippen molar-refractivity contribution in [1.29, 1.82) is 0 Å². The van der Waals surface area contributed by atoms with Gasteiger partial charge in [-0.1, -0.05) is 83.9 Å². The molecule has 1 saturated heterocycles. The number of likely N-dealkylation sites (tertiary alicyclic amines) is 1. The second-order valence-electron chi connectivity index (χ2n) is 12.0. The van der Waals surface area contributed by atoms with E-state index in [0.29, 0.717) is 28.1 Å². The van der Waals surface area contributed by atoms with Crippen LogP contribution >= 0.6 is 23.2 Å². The number of amides is 1. The summed E-state index contributed by atoms with van der Waals surface area (Å²) in [5, 5.41) is 3.02. The molecule has 5 rings (SSSR count).